The van der Waals surface area contributed by atoms with Crippen molar-refractivity contribution >= 4 is 46.5 Å². The average molecular weight is 436 g/mol. The zero-order chi connectivity index (χ0) is 20.8. The minimum atomic E-state index is -0.207. The molecule has 1 amide bonds. The van der Waals surface area contributed by atoms with Crippen LogP contribution in [0.4, 0.5) is 0 Å². The highest BCUT2D eigenvalue weighted by molar-refractivity contribution is 7.99. The van der Waals surface area contributed by atoms with Gasteiger partial charge in [0.1, 0.15) is 0 Å². The fourth-order valence-electron chi connectivity index (χ4n) is 2.90. The maximum Gasteiger partial charge on any atom is 0.250 e. The summed E-state index contributed by atoms with van der Waals surface area (Å²) in [7, 11) is 0. The second kappa shape index (κ2) is 9.56. The lowest BCUT2D eigenvalue weighted by Crippen LogP contribution is -2.20. The number of benzene rings is 2. The molecule has 8 heteroatoms. The van der Waals surface area contributed by atoms with Gasteiger partial charge >= 0.3 is 0 Å². The number of thioether (sulfide) groups is 1. The molecule has 0 saturated carbocycles. The number of pyridine rings is 1. The first kappa shape index (κ1) is 20.1. The number of hydrazone groups is 1. The number of rotatable bonds is 7. The monoisotopic (exact) mass is 435 g/mol. The maximum absolute atomic E-state index is 12.2. The van der Waals surface area contributed by atoms with E-state index >= 15 is 0 Å². The van der Waals surface area contributed by atoms with Crippen molar-refractivity contribution in [3.63, 3.8) is 0 Å². The first-order chi connectivity index (χ1) is 14.7. The van der Waals surface area contributed by atoms with E-state index in [0.29, 0.717) is 11.6 Å². The summed E-state index contributed by atoms with van der Waals surface area (Å²) in [6.45, 7) is 0.574. The standard InChI is InChI=1S/C22H18ClN5OS/c23-18-6-2-1-5-17(18)14-28-20-8-4-3-7-19(20)26-22(28)30-15-21(29)27-25-13-16-9-11-24-12-10-16/h1-13H,14-15H2,(H,27,29)/b25-13+. The van der Waals surface area contributed by atoms with Gasteiger partial charge in [0.2, 0.25) is 0 Å². The SMILES string of the molecule is O=C(CSc1nc2ccccc2n1Cc1ccccc1Cl)N/N=C/c1ccncc1. The Balaban J connectivity index is 1.47. The molecule has 2 aromatic heterocycles. The van der Waals surface area contributed by atoms with Gasteiger partial charge in [0.15, 0.2) is 5.16 Å². The van der Waals surface area contributed by atoms with Crippen LogP contribution in [0.3, 0.4) is 0 Å². The quantitative estimate of drug-likeness (QED) is 0.266. The number of carbonyl (C=O) groups is 1. The van der Waals surface area contributed by atoms with Crippen LogP contribution >= 0.6 is 23.4 Å². The number of amides is 1. The molecule has 1 N–H and O–H groups in total. The van der Waals surface area contributed by atoms with E-state index in [9.17, 15) is 4.79 Å². The molecule has 2 aromatic carbocycles. The molecule has 0 aliphatic heterocycles. The highest BCUT2D eigenvalue weighted by Crippen LogP contribution is 2.26. The van der Waals surface area contributed by atoms with Crippen LogP contribution in [-0.4, -0.2) is 32.4 Å². The van der Waals surface area contributed by atoms with E-state index < -0.39 is 0 Å². The molecular weight excluding hydrogens is 418 g/mol. The van der Waals surface area contributed by atoms with Gasteiger partial charge in [-0.05, 0) is 41.5 Å². The minimum absolute atomic E-state index is 0.194. The fraction of sp³-hybridized carbons (Fsp3) is 0.0909. The molecule has 150 valence electrons. The Bertz CT molecular complexity index is 1190. The van der Waals surface area contributed by atoms with Crippen molar-refractivity contribution < 1.29 is 4.79 Å². The Morgan fingerprint density at radius 1 is 1.10 bits per heavy atom. The molecule has 0 aliphatic carbocycles. The number of nitrogens with one attached hydrogen (secondary N) is 1. The number of imidazole rings is 1. The van der Waals surface area contributed by atoms with Crippen LogP contribution in [0.25, 0.3) is 11.0 Å². The Morgan fingerprint density at radius 3 is 2.70 bits per heavy atom. The first-order valence-electron chi connectivity index (χ1n) is 9.24. The number of fused-ring (bicyclic) bond motifs is 1. The molecule has 2 heterocycles. The number of hydrogen-bond acceptors (Lipinski definition) is 5. The molecule has 0 spiro atoms. The molecule has 0 unspecified atom stereocenters. The highest BCUT2D eigenvalue weighted by atomic mass is 35.5. The van der Waals surface area contributed by atoms with Gasteiger partial charge in [0.05, 0.1) is 29.5 Å². The van der Waals surface area contributed by atoms with Crippen LogP contribution in [0, 0.1) is 0 Å². The highest BCUT2D eigenvalue weighted by Gasteiger charge is 2.14. The molecule has 6 nitrogen and oxygen atoms in total. The second-order valence-corrected chi connectivity index (χ2v) is 7.77. The number of aromatic nitrogens is 3. The summed E-state index contributed by atoms with van der Waals surface area (Å²) < 4.78 is 2.08. The Hall–Kier alpha value is -3.16. The van der Waals surface area contributed by atoms with E-state index in [2.05, 4.69) is 20.1 Å². The average Bonchev–Trinajstić information content (AvgIpc) is 3.12. The summed E-state index contributed by atoms with van der Waals surface area (Å²) in [5.41, 5.74) is 6.28. The van der Waals surface area contributed by atoms with Crippen LogP contribution in [-0.2, 0) is 11.3 Å². The van der Waals surface area contributed by atoms with Crippen molar-refractivity contribution in [3.05, 3.63) is 89.2 Å². The van der Waals surface area contributed by atoms with Crippen molar-refractivity contribution in [1.29, 1.82) is 0 Å². The largest absolute Gasteiger partial charge is 0.314 e. The molecule has 4 aromatic rings. The topological polar surface area (TPSA) is 72.2 Å². The molecule has 0 saturated heterocycles. The third-order valence-electron chi connectivity index (χ3n) is 4.35. The van der Waals surface area contributed by atoms with Crippen LogP contribution in [0.15, 0.2) is 83.3 Å². The fourth-order valence-corrected chi connectivity index (χ4v) is 3.91. The summed E-state index contributed by atoms with van der Waals surface area (Å²) in [6, 6.07) is 19.2. The third-order valence-corrected chi connectivity index (χ3v) is 5.69. The summed E-state index contributed by atoms with van der Waals surface area (Å²) in [6.07, 6.45) is 4.92. The van der Waals surface area contributed by atoms with Crippen LogP contribution in [0.1, 0.15) is 11.1 Å². The number of halogens is 1. The van der Waals surface area contributed by atoms with Crippen LogP contribution in [0.2, 0.25) is 5.02 Å². The van der Waals surface area contributed by atoms with Crippen molar-refractivity contribution in [3.8, 4) is 0 Å². The van der Waals surface area contributed by atoms with Gasteiger partial charge in [0.25, 0.3) is 5.91 Å². The van der Waals surface area contributed by atoms with Gasteiger partial charge in [-0.1, -0.05) is 53.7 Å². The third kappa shape index (κ3) is 4.87. The van der Waals surface area contributed by atoms with E-state index in [1.807, 2.05) is 60.7 Å². The summed E-state index contributed by atoms with van der Waals surface area (Å²) in [4.78, 5) is 20.9. The second-order valence-electron chi connectivity index (χ2n) is 6.42. The smallest absolute Gasteiger partial charge is 0.250 e. The lowest BCUT2D eigenvalue weighted by atomic mass is 10.2. The van der Waals surface area contributed by atoms with Crippen LogP contribution < -0.4 is 5.43 Å². The van der Waals surface area contributed by atoms with Gasteiger partial charge in [-0.25, -0.2) is 10.4 Å². The molecular formula is C22H18ClN5OS. The van der Waals surface area contributed by atoms with E-state index in [1.54, 1.807) is 18.6 Å². The zero-order valence-corrected chi connectivity index (χ0v) is 17.5. The van der Waals surface area contributed by atoms with Gasteiger partial charge in [-0.3, -0.25) is 9.78 Å². The molecule has 0 atom stereocenters. The normalized spacial score (nSPS) is 11.2. The van der Waals surface area contributed by atoms with Crippen molar-refractivity contribution in [2.45, 2.75) is 11.7 Å². The van der Waals surface area contributed by atoms with Crippen molar-refractivity contribution in [2.24, 2.45) is 5.10 Å². The molecule has 0 fully saturated rings. The molecule has 0 aliphatic rings. The first-order valence-corrected chi connectivity index (χ1v) is 10.6. The van der Waals surface area contributed by atoms with Gasteiger partial charge in [-0.2, -0.15) is 5.10 Å². The predicted molar refractivity (Wildman–Crippen MR) is 121 cm³/mol. The lowest BCUT2D eigenvalue weighted by Gasteiger charge is -2.10. The molecule has 30 heavy (non-hydrogen) atoms. The zero-order valence-electron chi connectivity index (χ0n) is 15.9. The van der Waals surface area contributed by atoms with Gasteiger partial charge < -0.3 is 4.57 Å². The number of nitrogens with zero attached hydrogens (tertiary/aromatic N) is 4. The van der Waals surface area contributed by atoms with Gasteiger partial charge in [0, 0.05) is 17.4 Å². The lowest BCUT2D eigenvalue weighted by molar-refractivity contribution is -0.118. The maximum atomic E-state index is 12.2. The number of hydrogen-bond donors (Lipinski definition) is 1. The summed E-state index contributed by atoms with van der Waals surface area (Å²) in [5.74, 6) is -0.0128. The van der Waals surface area contributed by atoms with E-state index in [0.717, 1.165) is 27.3 Å². The minimum Gasteiger partial charge on any atom is -0.314 e. The molecule has 0 radical (unpaired) electrons. The predicted octanol–water partition coefficient (Wildman–Crippen LogP) is 4.38. The van der Waals surface area contributed by atoms with Crippen molar-refractivity contribution in [1.82, 2.24) is 20.0 Å². The molecule has 4 rings (SSSR count). The van der Waals surface area contributed by atoms with E-state index in [4.69, 9.17) is 16.6 Å². The Morgan fingerprint density at radius 2 is 1.87 bits per heavy atom. The van der Waals surface area contributed by atoms with Gasteiger partial charge in [-0.15, -0.1) is 0 Å². The van der Waals surface area contributed by atoms with E-state index in [1.165, 1.54) is 11.8 Å². The number of para-hydroxylation sites is 2. The molecule has 0 bridgehead atoms. The van der Waals surface area contributed by atoms with Crippen molar-refractivity contribution in [2.75, 3.05) is 5.75 Å². The van der Waals surface area contributed by atoms with Crippen LogP contribution in [0.5, 0.6) is 0 Å². The Kier molecular flexibility index (Phi) is 6.41. The Labute approximate surface area is 183 Å². The van der Waals surface area contributed by atoms with E-state index in [-0.39, 0.29) is 11.7 Å². The summed E-state index contributed by atoms with van der Waals surface area (Å²) >= 11 is 7.72. The summed E-state index contributed by atoms with van der Waals surface area (Å²) in [5, 5.41) is 5.45. The number of carbonyl (C=O) groups excluding carboxylic acids is 1.